The van der Waals surface area contributed by atoms with Crippen molar-refractivity contribution < 1.29 is 13.2 Å². The summed E-state index contributed by atoms with van der Waals surface area (Å²) < 4.78 is 29.0. The van der Waals surface area contributed by atoms with E-state index in [-0.39, 0.29) is 0 Å². The SMILES string of the molecule is FC(F)F.N#Cc1ccc(N2CCC(CN3CC4(CC(N)C4)C3)C2)c2nccnc12. The van der Waals surface area contributed by atoms with Crippen LogP contribution in [-0.4, -0.2) is 60.3 Å². The first-order valence-corrected chi connectivity index (χ1v) is 10.2. The number of hydrogen-bond donors (Lipinski definition) is 1. The molecule has 0 amide bonds. The lowest BCUT2D eigenvalue weighted by Crippen LogP contribution is -2.65. The average Bonchev–Trinajstić information content (AvgIpc) is 3.12. The number of nitrogens with zero attached hydrogens (tertiary/aromatic N) is 5. The lowest BCUT2D eigenvalue weighted by molar-refractivity contribution is -0.0758. The van der Waals surface area contributed by atoms with E-state index in [9.17, 15) is 18.4 Å². The first-order chi connectivity index (χ1) is 14.4. The minimum atomic E-state index is -3.67. The van der Waals surface area contributed by atoms with E-state index < -0.39 is 6.68 Å². The van der Waals surface area contributed by atoms with E-state index in [1.807, 2.05) is 12.1 Å². The van der Waals surface area contributed by atoms with Crippen LogP contribution in [0.25, 0.3) is 11.0 Å². The normalized spacial score (nSPS) is 23.1. The summed E-state index contributed by atoms with van der Waals surface area (Å²) in [6.45, 7) is 2.10. The van der Waals surface area contributed by atoms with Crippen LogP contribution in [0, 0.1) is 22.7 Å². The molecule has 5 rings (SSSR count). The van der Waals surface area contributed by atoms with Gasteiger partial charge in [-0.3, -0.25) is 9.97 Å². The van der Waals surface area contributed by atoms with E-state index >= 15 is 0 Å². The van der Waals surface area contributed by atoms with Crippen LogP contribution in [-0.2, 0) is 0 Å². The van der Waals surface area contributed by atoms with Crippen LogP contribution in [0.4, 0.5) is 18.9 Å². The van der Waals surface area contributed by atoms with Gasteiger partial charge in [0.2, 0.25) is 0 Å². The fraction of sp³-hybridized carbons (Fsp3) is 0.571. The van der Waals surface area contributed by atoms with Gasteiger partial charge in [-0.2, -0.15) is 18.4 Å². The largest absolute Gasteiger partial charge is 0.379 e. The first kappa shape index (κ1) is 20.8. The highest BCUT2D eigenvalue weighted by Gasteiger charge is 2.51. The van der Waals surface area contributed by atoms with Crippen LogP contribution in [0.15, 0.2) is 24.5 Å². The Labute approximate surface area is 173 Å². The summed E-state index contributed by atoms with van der Waals surface area (Å²) in [6.07, 6.45) is 7.02. The van der Waals surface area contributed by atoms with Crippen molar-refractivity contribution in [3.8, 4) is 6.07 Å². The maximum Gasteiger partial charge on any atom is 0.379 e. The lowest BCUT2D eigenvalue weighted by Gasteiger charge is -2.59. The van der Waals surface area contributed by atoms with Crippen LogP contribution in [0.3, 0.4) is 0 Å². The number of anilines is 1. The van der Waals surface area contributed by atoms with Crippen molar-refractivity contribution in [2.45, 2.75) is 32.0 Å². The molecule has 0 radical (unpaired) electrons. The van der Waals surface area contributed by atoms with Gasteiger partial charge in [0, 0.05) is 51.2 Å². The topological polar surface area (TPSA) is 82.1 Å². The molecule has 2 aromatic rings. The predicted molar refractivity (Wildman–Crippen MR) is 108 cm³/mol. The Morgan fingerprint density at radius 1 is 1.17 bits per heavy atom. The molecule has 1 spiro atoms. The summed E-state index contributed by atoms with van der Waals surface area (Å²) in [4.78, 5) is 13.9. The fourth-order valence-electron chi connectivity index (χ4n) is 5.30. The number of fused-ring (bicyclic) bond motifs is 1. The Balaban J connectivity index is 0.000000503. The molecule has 1 unspecified atom stereocenters. The number of aromatic nitrogens is 2. The molecule has 1 aliphatic carbocycles. The van der Waals surface area contributed by atoms with Crippen LogP contribution in [0.2, 0.25) is 0 Å². The van der Waals surface area contributed by atoms with Gasteiger partial charge in [-0.1, -0.05) is 0 Å². The van der Waals surface area contributed by atoms with Crippen molar-refractivity contribution in [3.05, 3.63) is 30.1 Å². The quantitative estimate of drug-likeness (QED) is 0.825. The number of alkyl halides is 3. The Bertz CT molecular complexity index is 929. The molecule has 30 heavy (non-hydrogen) atoms. The fourth-order valence-corrected chi connectivity index (χ4v) is 5.30. The number of likely N-dealkylation sites (tertiary alicyclic amines) is 1. The van der Waals surface area contributed by atoms with Gasteiger partial charge < -0.3 is 15.5 Å². The molecule has 3 aliphatic rings. The molecule has 2 N–H and O–H groups in total. The molecule has 3 heterocycles. The second kappa shape index (κ2) is 8.36. The third-order valence-corrected chi connectivity index (χ3v) is 6.38. The number of benzene rings is 1. The highest BCUT2D eigenvalue weighted by molar-refractivity contribution is 5.92. The molecule has 9 heteroatoms. The zero-order chi connectivity index (χ0) is 21.3. The summed E-state index contributed by atoms with van der Waals surface area (Å²) in [6, 6.07) is 6.58. The molecule has 3 fully saturated rings. The molecule has 6 nitrogen and oxygen atoms in total. The van der Waals surface area contributed by atoms with E-state index in [2.05, 4.69) is 25.8 Å². The summed E-state index contributed by atoms with van der Waals surface area (Å²) >= 11 is 0. The van der Waals surface area contributed by atoms with Gasteiger partial charge in [0.15, 0.2) is 0 Å². The Morgan fingerprint density at radius 3 is 2.47 bits per heavy atom. The summed E-state index contributed by atoms with van der Waals surface area (Å²) in [5.41, 5.74) is 9.79. The predicted octanol–water partition coefficient (Wildman–Crippen LogP) is 2.93. The second-order valence-corrected chi connectivity index (χ2v) is 8.68. The third-order valence-electron chi connectivity index (χ3n) is 6.38. The van der Waals surface area contributed by atoms with Crippen LogP contribution < -0.4 is 10.6 Å². The van der Waals surface area contributed by atoms with Crippen molar-refractivity contribution in [1.82, 2.24) is 14.9 Å². The van der Waals surface area contributed by atoms with Gasteiger partial charge in [0.05, 0.1) is 11.3 Å². The maximum absolute atomic E-state index is 9.67. The average molecular weight is 418 g/mol. The van der Waals surface area contributed by atoms with Crippen LogP contribution >= 0.6 is 0 Å². The molecule has 1 atom stereocenters. The monoisotopic (exact) mass is 418 g/mol. The van der Waals surface area contributed by atoms with Gasteiger partial charge in [-0.25, -0.2) is 0 Å². The van der Waals surface area contributed by atoms with E-state index in [4.69, 9.17) is 5.73 Å². The molecule has 2 aliphatic heterocycles. The van der Waals surface area contributed by atoms with Crippen molar-refractivity contribution >= 4 is 16.7 Å². The highest BCUT2D eigenvalue weighted by Crippen LogP contribution is 2.47. The molecule has 1 aromatic heterocycles. The van der Waals surface area contributed by atoms with Gasteiger partial charge in [-0.15, -0.1) is 0 Å². The molecule has 1 saturated carbocycles. The minimum absolute atomic E-state index is 0.449. The molecule has 2 saturated heterocycles. The van der Waals surface area contributed by atoms with Gasteiger partial charge >= 0.3 is 6.68 Å². The smallest absolute Gasteiger partial charge is 0.369 e. The summed E-state index contributed by atoms with van der Waals surface area (Å²) in [5, 5.41) is 9.31. The Morgan fingerprint density at radius 2 is 1.83 bits per heavy atom. The summed E-state index contributed by atoms with van der Waals surface area (Å²) in [7, 11) is 0. The third kappa shape index (κ3) is 4.20. The Kier molecular flexibility index (Phi) is 5.80. The molecule has 0 bridgehead atoms. The van der Waals surface area contributed by atoms with E-state index in [1.165, 1.54) is 38.9 Å². The second-order valence-electron chi connectivity index (χ2n) is 8.68. The molecule has 1 aromatic carbocycles. The number of rotatable bonds is 3. The number of halogens is 3. The molecule has 160 valence electrons. The van der Waals surface area contributed by atoms with Crippen molar-refractivity contribution in [2.75, 3.05) is 37.6 Å². The number of hydrogen-bond acceptors (Lipinski definition) is 6. The van der Waals surface area contributed by atoms with Gasteiger partial charge in [0.1, 0.15) is 17.1 Å². The van der Waals surface area contributed by atoms with Crippen molar-refractivity contribution in [3.63, 3.8) is 0 Å². The van der Waals surface area contributed by atoms with Gasteiger partial charge in [-0.05, 0) is 42.7 Å². The maximum atomic E-state index is 9.67. The van der Waals surface area contributed by atoms with Gasteiger partial charge in [0.25, 0.3) is 0 Å². The van der Waals surface area contributed by atoms with E-state index in [1.54, 1.807) is 12.4 Å². The Hall–Kier alpha value is -2.44. The summed E-state index contributed by atoms with van der Waals surface area (Å²) in [5.74, 6) is 0.698. The van der Waals surface area contributed by atoms with Crippen LogP contribution in [0.5, 0.6) is 0 Å². The van der Waals surface area contributed by atoms with E-state index in [0.29, 0.717) is 28.5 Å². The van der Waals surface area contributed by atoms with Crippen molar-refractivity contribution in [1.29, 1.82) is 5.26 Å². The van der Waals surface area contributed by atoms with Crippen LogP contribution in [0.1, 0.15) is 24.8 Å². The number of nitriles is 1. The van der Waals surface area contributed by atoms with E-state index in [0.717, 1.165) is 24.3 Å². The number of nitrogens with two attached hydrogens (primary N) is 1. The zero-order valence-corrected chi connectivity index (χ0v) is 16.6. The highest BCUT2D eigenvalue weighted by atomic mass is 19.4. The molecular formula is C21H25F3N6. The minimum Gasteiger partial charge on any atom is -0.369 e. The molecular weight excluding hydrogens is 393 g/mol. The lowest BCUT2D eigenvalue weighted by atomic mass is 9.61. The standard InChI is InChI=1S/C20H24N6.CHF3/c21-9-15-1-2-17(19-18(15)23-4-5-24-19)26-6-3-14(11-26)10-25-12-20(13-25)7-16(22)8-20;2-1(3)4/h1-2,4-5,14,16H,3,6-8,10-13,22H2;1H. The zero-order valence-electron chi connectivity index (χ0n) is 16.6. The van der Waals surface area contributed by atoms with Crippen molar-refractivity contribution in [2.24, 2.45) is 17.1 Å². The first-order valence-electron chi connectivity index (χ1n) is 10.2.